The Bertz CT molecular complexity index is 286. The monoisotopic (exact) mass is 248 g/mol. The topological polar surface area (TPSA) is 55.8 Å². The second-order valence-corrected chi connectivity index (χ2v) is 3.96. The molecule has 13 heavy (non-hydrogen) atoms. The quantitative estimate of drug-likeness (QED) is 0.681. The summed E-state index contributed by atoms with van der Waals surface area (Å²) >= 11 is 3.24. The van der Waals surface area contributed by atoms with Gasteiger partial charge in [-0.3, -0.25) is 0 Å². The van der Waals surface area contributed by atoms with Crippen LogP contribution in [0, 0.1) is 0 Å². The van der Waals surface area contributed by atoms with E-state index in [1.165, 1.54) is 7.11 Å². The van der Waals surface area contributed by atoms with Gasteiger partial charge in [-0.1, -0.05) is 15.9 Å². The van der Waals surface area contributed by atoms with Crippen molar-refractivity contribution in [3.63, 3.8) is 0 Å². The van der Waals surface area contributed by atoms with E-state index in [0.29, 0.717) is 16.5 Å². The van der Waals surface area contributed by atoms with Gasteiger partial charge in [-0.25, -0.2) is 4.79 Å². The van der Waals surface area contributed by atoms with Crippen LogP contribution in [0.1, 0.15) is 6.42 Å². The molecule has 2 aliphatic rings. The van der Waals surface area contributed by atoms with Crippen molar-refractivity contribution < 1.29 is 19.4 Å². The Labute approximate surface area is 83.6 Å². The second kappa shape index (κ2) is 3.08. The summed E-state index contributed by atoms with van der Waals surface area (Å²) in [6, 6.07) is 0. The van der Waals surface area contributed by atoms with Gasteiger partial charge in [-0.05, 0) is 0 Å². The van der Waals surface area contributed by atoms with Gasteiger partial charge in [0.05, 0.1) is 24.9 Å². The number of esters is 1. The molecule has 2 rings (SSSR count). The summed E-state index contributed by atoms with van der Waals surface area (Å²) in [7, 11) is 1.33. The molecule has 0 aromatic rings. The molecule has 5 heteroatoms. The number of rotatable bonds is 1. The molecule has 4 nitrogen and oxygen atoms in total. The molecule has 2 bridgehead atoms. The van der Waals surface area contributed by atoms with Gasteiger partial charge in [0, 0.05) is 10.9 Å². The Hall–Kier alpha value is -0.390. The number of methoxy groups -OCH3 is 1. The summed E-state index contributed by atoms with van der Waals surface area (Å²) in [5.41, 5.74) is 0.512. The molecule has 1 saturated heterocycles. The Morgan fingerprint density at radius 3 is 2.92 bits per heavy atom. The third-order valence-corrected chi connectivity index (χ3v) is 3.23. The van der Waals surface area contributed by atoms with Gasteiger partial charge < -0.3 is 14.6 Å². The van der Waals surface area contributed by atoms with E-state index in [2.05, 4.69) is 20.7 Å². The average Bonchev–Trinajstić information content (AvgIpc) is 2.59. The van der Waals surface area contributed by atoms with E-state index in [1.54, 1.807) is 0 Å². The fourth-order valence-corrected chi connectivity index (χ4v) is 2.56. The minimum Gasteiger partial charge on any atom is -0.466 e. The molecule has 0 saturated carbocycles. The SMILES string of the molecule is COC(=O)C1=C(Br)[C@H]2O[C@@H]1C[C@@H]2O. The van der Waals surface area contributed by atoms with Gasteiger partial charge in [-0.15, -0.1) is 0 Å². The number of carbonyl (C=O) groups excluding carboxylic acids is 1. The summed E-state index contributed by atoms with van der Waals surface area (Å²) in [5, 5.41) is 9.42. The first-order chi connectivity index (χ1) is 6.15. The molecular weight excluding hydrogens is 240 g/mol. The Morgan fingerprint density at radius 1 is 1.77 bits per heavy atom. The van der Waals surface area contributed by atoms with Crippen LogP contribution in [-0.2, 0) is 14.3 Å². The van der Waals surface area contributed by atoms with Crippen LogP contribution in [0.5, 0.6) is 0 Å². The molecule has 0 aromatic carbocycles. The van der Waals surface area contributed by atoms with Gasteiger partial charge >= 0.3 is 5.97 Å². The number of aliphatic hydroxyl groups is 1. The maximum atomic E-state index is 11.2. The molecule has 1 N–H and O–H groups in total. The zero-order valence-electron chi connectivity index (χ0n) is 6.99. The van der Waals surface area contributed by atoms with E-state index < -0.39 is 6.10 Å². The lowest BCUT2D eigenvalue weighted by molar-refractivity contribution is -0.137. The summed E-state index contributed by atoms with van der Waals surface area (Å²) in [6.07, 6.45) is -0.710. The predicted molar refractivity (Wildman–Crippen MR) is 47.3 cm³/mol. The van der Waals surface area contributed by atoms with Crippen LogP contribution < -0.4 is 0 Å². The van der Waals surface area contributed by atoms with Crippen LogP contribution in [-0.4, -0.2) is 36.5 Å². The van der Waals surface area contributed by atoms with Crippen molar-refractivity contribution in [1.29, 1.82) is 0 Å². The lowest BCUT2D eigenvalue weighted by Crippen LogP contribution is -2.25. The summed E-state index contributed by atoms with van der Waals surface area (Å²) < 4.78 is 10.6. The molecule has 2 heterocycles. The van der Waals surface area contributed by atoms with E-state index >= 15 is 0 Å². The van der Waals surface area contributed by atoms with Crippen molar-refractivity contribution in [3.05, 3.63) is 10.1 Å². The standard InChI is InChI=1S/C8H9BrO4/c1-12-8(11)5-4-2-3(10)7(13-4)6(5)9/h3-4,7,10H,2H2,1H3/t3-,4+,7-/m0/s1. The van der Waals surface area contributed by atoms with Gasteiger partial charge in [0.1, 0.15) is 6.10 Å². The van der Waals surface area contributed by atoms with Crippen molar-refractivity contribution in [2.24, 2.45) is 0 Å². The maximum absolute atomic E-state index is 11.2. The minimum absolute atomic E-state index is 0.304. The minimum atomic E-state index is -0.507. The molecule has 2 aliphatic heterocycles. The molecule has 0 spiro atoms. The number of carbonyl (C=O) groups is 1. The first kappa shape index (κ1) is 9.18. The highest BCUT2D eigenvalue weighted by atomic mass is 79.9. The fourth-order valence-electron chi connectivity index (χ4n) is 1.73. The summed E-state index contributed by atoms with van der Waals surface area (Å²) in [4.78, 5) is 11.2. The van der Waals surface area contributed by atoms with Crippen molar-refractivity contribution >= 4 is 21.9 Å². The highest BCUT2D eigenvalue weighted by molar-refractivity contribution is 9.11. The van der Waals surface area contributed by atoms with E-state index in [9.17, 15) is 9.90 Å². The van der Waals surface area contributed by atoms with E-state index in [4.69, 9.17) is 4.74 Å². The van der Waals surface area contributed by atoms with Crippen molar-refractivity contribution in [2.75, 3.05) is 7.11 Å². The Kier molecular flexibility index (Phi) is 2.17. The first-order valence-electron chi connectivity index (χ1n) is 3.96. The highest BCUT2D eigenvalue weighted by Crippen LogP contribution is 2.42. The van der Waals surface area contributed by atoms with Crippen LogP contribution in [0.3, 0.4) is 0 Å². The zero-order valence-corrected chi connectivity index (χ0v) is 8.58. The molecule has 0 unspecified atom stereocenters. The largest absolute Gasteiger partial charge is 0.466 e. The molecule has 72 valence electrons. The van der Waals surface area contributed by atoms with E-state index in [-0.39, 0.29) is 18.2 Å². The van der Waals surface area contributed by atoms with Crippen LogP contribution in [0.4, 0.5) is 0 Å². The molecule has 0 aromatic heterocycles. The number of halogens is 1. The van der Waals surface area contributed by atoms with Crippen LogP contribution in [0.15, 0.2) is 10.1 Å². The van der Waals surface area contributed by atoms with Crippen molar-refractivity contribution in [1.82, 2.24) is 0 Å². The predicted octanol–water partition coefficient (Wildman–Crippen LogP) is 0.340. The molecular formula is C8H9BrO4. The average molecular weight is 249 g/mol. The van der Waals surface area contributed by atoms with Crippen molar-refractivity contribution in [3.8, 4) is 0 Å². The molecule has 0 aliphatic carbocycles. The summed E-state index contributed by atoms with van der Waals surface area (Å²) in [6.45, 7) is 0. The number of hydrogen-bond acceptors (Lipinski definition) is 4. The lowest BCUT2D eigenvalue weighted by Gasteiger charge is -2.14. The highest BCUT2D eigenvalue weighted by Gasteiger charge is 2.48. The molecule has 1 fully saturated rings. The van der Waals surface area contributed by atoms with Crippen LogP contribution in [0.25, 0.3) is 0 Å². The second-order valence-electron chi connectivity index (χ2n) is 3.10. The third-order valence-electron chi connectivity index (χ3n) is 2.35. The number of fused-ring (bicyclic) bond motifs is 2. The maximum Gasteiger partial charge on any atom is 0.337 e. The summed E-state index contributed by atoms with van der Waals surface area (Å²) in [5.74, 6) is -0.383. The van der Waals surface area contributed by atoms with Gasteiger partial charge in [-0.2, -0.15) is 0 Å². The number of aliphatic hydroxyl groups excluding tert-OH is 1. The first-order valence-corrected chi connectivity index (χ1v) is 4.76. The van der Waals surface area contributed by atoms with Crippen LogP contribution >= 0.6 is 15.9 Å². The third kappa shape index (κ3) is 1.22. The Morgan fingerprint density at radius 2 is 2.46 bits per heavy atom. The van der Waals surface area contributed by atoms with Crippen LogP contribution in [0.2, 0.25) is 0 Å². The Balaban J connectivity index is 2.30. The number of ether oxygens (including phenoxy) is 2. The molecule has 3 atom stereocenters. The van der Waals surface area contributed by atoms with E-state index in [1.807, 2.05) is 0 Å². The van der Waals surface area contributed by atoms with E-state index in [0.717, 1.165) is 0 Å². The molecule has 0 amide bonds. The lowest BCUT2D eigenvalue weighted by atomic mass is 9.97. The molecule has 0 radical (unpaired) electrons. The number of hydrogen-bond donors (Lipinski definition) is 1. The normalized spacial score (nSPS) is 37.0. The van der Waals surface area contributed by atoms with Crippen molar-refractivity contribution in [2.45, 2.75) is 24.7 Å². The van der Waals surface area contributed by atoms with Gasteiger partial charge in [0.25, 0.3) is 0 Å². The smallest absolute Gasteiger partial charge is 0.337 e. The fraction of sp³-hybridized carbons (Fsp3) is 0.625. The zero-order chi connectivity index (χ0) is 9.59. The van der Waals surface area contributed by atoms with Gasteiger partial charge in [0.15, 0.2) is 0 Å². The van der Waals surface area contributed by atoms with Gasteiger partial charge in [0.2, 0.25) is 0 Å².